The molecule has 1 aliphatic rings. The quantitative estimate of drug-likeness (QED) is 0.716. The van der Waals surface area contributed by atoms with Crippen molar-refractivity contribution in [2.75, 3.05) is 0 Å². The minimum absolute atomic E-state index is 0.0956. The van der Waals surface area contributed by atoms with Crippen LogP contribution < -0.4 is 0 Å². The first kappa shape index (κ1) is 17.9. The van der Waals surface area contributed by atoms with E-state index in [1.54, 1.807) is 6.92 Å². The normalized spacial score (nSPS) is 20.6. The summed E-state index contributed by atoms with van der Waals surface area (Å²) in [6, 6.07) is 7.72. The molecular weight excluding hydrogens is 308 g/mol. The SMILES string of the molecule is CC(=O)c1ccc(-n2cc3c(n2)CCC(C(C)C)(C(C)(C)C)C3)cc1. The maximum Gasteiger partial charge on any atom is 0.159 e. The van der Waals surface area contributed by atoms with E-state index in [4.69, 9.17) is 5.10 Å². The van der Waals surface area contributed by atoms with E-state index < -0.39 is 0 Å². The predicted molar refractivity (Wildman–Crippen MR) is 102 cm³/mol. The molecule has 1 atom stereocenters. The van der Waals surface area contributed by atoms with Crippen LogP contribution in [0, 0.1) is 16.7 Å². The molecule has 0 amide bonds. The van der Waals surface area contributed by atoms with Crippen LogP contribution in [0.1, 0.15) is 69.6 Å². The van der Waals surface area contributed by atoms with E-state index in [0.29, 0.717) is 11.3 Å². The minimum Gasteiger partial charge on any atom is -0.295 e. The fraction of sp³-hybridized carbons (Fsp3) is 0.545. The number of carbonyl (C=O) groups is 1. The van der Waals surface area contributed by atoms with E-state index in [9.17, 15) is 4.79 Å². The van der Waals surface area contributed by atoms with E-state index in [1.165, 1.54) is 17.7 Å². The topological polar surface area (TPSA) is 34.9 Å². The van der Waals surface area contributed by atoms with Gasteiger partial charge in [0.1, 0.15) is 0 Å². The standard InChI is InChI=1S/C22H30N2O/c1-15(2)22(21(4,5)6)12-11-20-18(13-22)14-24(23-20)19-9-7-17(8-10-19)16(3)25/h7-10,14-15H,11-13H2,1-6H3. The molecule has 25 heavy (non-hydrogen) atoms. The van der Waals surface area contributed by atoms with Gasteiger partial charge in [-0.05, 0) is 72.8 Å². The Labute approximate surface area is 151 Å². The highest BCUT2D eigenvalue weighted by Gasteiger charge is 2.46. The maximum absolute atomic E-state index is 11.5. The van der Waals surface area contributed by atoms with E-state index in [0.717, 1.165) is 24.1 Å². The molecule has 0 saturated carbocycles. The highest BCUT2D eigenvalue weighted by atomic mass is 16.1. The first-order chi connectivity index (χ1) is 11.6. The molecule has 1 aromatic heterocycles. The van der Waals surface area contributed by atoms with Crippen LogP contribution >= 0.6 is 0 Å². The third kappa shape index (κ3) is 3.05. The molecule has 0 saturated heterocycles. The van der Waals surface area contributed by atoms with Crippen LogP contribution in [-0.2, 0) is 12.8 Å². The number of aromatic nitrogens is 2. The average molecular weight is 338 g/mol. The van der Waals surface area contributed by atoms with Crippen molar-refractivity contribution in [3.63, 3.8) is 0 Å². The van der Waals surface area contributed by atoms with Crippen molar-refractivity contribution in [2.24, 2.45) is 16.7 Å². The zero-order chi connectivity index (χ0) is 18.4. The van der Waals surface area contributed by atoms with Crippen LogP contribution in [-0.4, -0.2) is 15.6 Å². The van der Waals surface area contributed by atoms with Gasteiger partial charge in [0.25, 0.3) is 0 Å². The first-order valence-electron chi connectivity index (χ1n) is 9.33. The summed E-state index contributed by atoms with van der Waals surface area (Å²) < 4.78 is 1.98. The molecule has 1 unspecified atom stereocenters. The molecular formula is C22H30N2O. The summed E-state index contributed by atoms with van der Waals surface area (Å²) in [7, 11) is 0. The molecule has 3 rings (SSSR count). The van der Waals surface area contributed by atoms with Gasteiger partial charge in [0, 0.05) is 11.8 Å². The molecule has 0 bridgehead atoms. The van der Waals surface area contributed by atoms with Gasteiger partial charge >= 0.3 is 0 Å². The maximum atomic E-state index is 11.5. The van der Waals surface area contributed by atoms with Crippen LogP contribution in [0.2, 0.25) is 0 Å². The number of fused-ring (bicyclic) bond motifs is 1. The largest absolute Gasteiger partial charge is 0.295 e. The highest BCUT2D eigenvalue weighted by molar-refractivity contribution is 5.94. The zero-order valence-electron chi connectivity index (χ0n) is 16.4. The molecule has 1 aromatic carbocycles. The third-order valence-electron chi connectivity index (χ3n) is 6.33. The predicted octanol–water partition coefficient (Wildman–Crippen LogP) is 5.25. The van der Waals surface area contributed by atoms with Crippen LogP contribution in [0.3, 0.4) is 0 Å². The van der Waals surface area contributed by atoms with Gasteiger partial charge < -0.3 is 0 Å². The zero-order valence-corrected chi connectivity index (χ0v) is 16.4. The van der Waals surface area contributed by atoms with Crippen LogP contribution in [0.4, 0.5) is 0 Å². The van der Waals surface area contributed by atoms with Gasteiger partial charge in [-0.1, -0.05) is 34.6 Å². The summed E-state index contributed by atoms with van der Waals surface area (Å²) >= 11 is 0. The summed E-state index contributed by atoms with van der Waals surface area (Å²) in [5, 5.41) is 4.83. The van der Waals surface area contributed by atoms with Crippen molar-refractivity contribution in [2.45, 2.75) is 60.8 Å². The lowest BCUT2D eigenvalue weighted by molar-refractivity contribution is 0.0147. The number of benzene rings is 1. The molecule has 0 fully saturated rings. The molecule has 0 N–H and O–H groups in total. The number of hydrogen-bond acceptors (Lipinski definition) is 2. The summed E-state index contributed by atoms with van der Waals surface area (Å²) in [4.78, 5) is 11.5. The number of aryl methyl sites for hydroxylation is 1. The van der Waals surface area contributed by atoms with Crippen LogP contribution in [0.25, 0.3) is 5.69 Å². The van der Waals surface area contributed by atoms with Crippen molar-refractivity contribution in [3.8, 4) is 5.69 Å². The number of carbonyl (C=O) groups excluding carboxylic acids is 1. The van der Waals surface area contributed by atoms with E-state index in [1.807, 2.05) is 28.9 Å². The van der Waals surface area contributed by atoms with E-state index in [-0.39, 0.29) is 11.2 Å². The smallest absolute Gasteiger partial charge is 0.159 e. The molecule has 0 aliphatic heterocycles. The lowest BCUT2D eigenvalue weighted by Gasteiger charge is -2.50. The lowest BCUT2D eigenvalue weighted by atomic mass is 9.54. The molecule has 0 radical (unpaired) electrons. The Morgan fingerprint density at radius 1 is 1.20 bits per heavy atom. The molecule has 3 heteroatoms. The van der Waals surface area contributed by atoms with Crippen molar-refractivity contribution >= 4 is 5.78 Å². The van der Waals surface area contributed by atoms with Gasteiger partial charge in [0.05, 0.1) is 11.4 Å². The van der Waals surface area contributed by atoms with Crippen LogP contribution in [0.5, 0.6) is 0 Å². The van der Waals surface area contributed by atoms with E-state index >= 15 is 0 Å². The third-order valence-corrected chi connectivity index (χ3v) is 6.33. The number of nitrogens with zero attached hydrogens (tertiary/aromatic N) is 2. The highest BCUT2D eigenvalue weighted by Crippen LogP contribution is 2.52. The number of rotatable bonds is 3. The van der Waals surface area contributed by atoms with Gasteiger partial charge in [0.15, 0.2) is 5.78 Å². The van der Waals surface area contributed by atoms with Crippen LogP contribution in [0.15, 0.2) is 30.5 Å². The monoisotopic (exact) mass is 338 g/mol. The molecule has 134 valence electrons. The Morgan fingerprint density at radius 2 is 1.84 bits per heavy atom. The molecule has 1 aliphatic carbocycles. The number of hydrogen-bond donors (Lipinski definition) is 0. The fourth-order valence-electron chi connectivity index (χ4n) is 4.55. The summed E-state index contributed by atoms with van der Waals surface area (Å²) in [5.41, 5.74) is 4.95. The summed E-state index contributed by atoms with van der Waals surface area (Å²) in [6.07, 6.45) is 5.53. The van der Waals surface area contributed by atoms with Crippen molar-refractivity contribution in [1.29, 1.82) is 0 Å². The Morgan fingerprint density at radius 3 is 2.36 bits per heavy atom. The molecule has 2 aromatic rings. The average Bonchev–Trinajstić information content (AvgIpc) is 2.96. The summed E-state index contributed by atoms with van der Waals surface area (Å²) in [6.45, 7) is 13.5. The van der Waals surface area contributed by atoms with E-state index in [2.05, 4.69) is 40.8 Å². The Kier molecular flexibility index (Phi) is 4.38. The van der Waals surface area contributed by atoms with Crippen molar-refractivity contribution in [1.82, 2.24) is 9.78 Å². The minimum atomic E-state index is 0.0956. The Bertz CT molecular complexity index is 777. The molecule has 1 heterocycles. The second-order valence-corrected chi connectivity index (χ2v) is 8.89. The molecule has 3 nitrogen and oxygen atoms in total. The Hall–Kier alpha value is -1.90. The van der Waals surface area contributed by atoms with Gasteiger partial charge in [-0.3, -0.25) is 4.79 Å². The Balaban J connectivity index is 1.94. The number of ketones is 1. The van der Waals surface area contributed by atoms with Crippen molar-refractivity contribution in [3.05, 3.63) is 47.3 Å². The second kappa shape index (κ2) is 6.12. The summed E-state index contributed by atoms with van der Waals surface area (Å²) in [5.74, 6) is 0.733. The molecule has 0 spiro atoms. The van der Waals surface area contributed by atoms with Gasteiger partial charge in [-0.25, -0.2) is 4.68 Å². The van der Waals surface area contributed by atoms with Gasteiger partial charge in [-0.2, -0.15) is 5.10 Å². The fourth-order valence-corrected chi connectivity index (χ4v) is 4.55. The van der Waals surface area contributed by atoms with Gasteiger partial charge in [-0.15, -0.1) is 0 Å². The van der Waals surface area contributed by atoms with Crippen molar-refractivity contribution < 1.29 is 4.79 Å². The number of Topliss-reactive ketones (excluding diaryl/α,β-unsaturated/α-hetero) is 1. The van der Waals surface area contributed by atoms with Gasteiger partial charge in [0.2, 0.25) is 0 Å². The first-order valence-corrected chi connectivity index (χ1v) is 9.33. The second-order valence-electron chi connectivity index (χ2n) is 8.89. The lowest BCUT2D eigenvalue weighted by Crippen LogP contribution is -2.44.